The molecule has 0 saturated carbocycles. The molecule has 0 aliphatic rings. The number of rotatable bonds is 7. The number of aromatic nitrogens is 3. The molecule has 0 aliphatic carbocycles. The Hall–Kier alpha value is -1.20. The van der Waals surface area contributed by atoms with Crippen molar-refractivity contribution in [2.24, 2.45) is 0 Å². The first-order valence-electron chi connectivity index (χ1n) is 7.01. The molecule has 0 amide bonds. The van der Waals surface area contributed by atoms with Gasteiger partial charge in [0, 0.05) is 23.5 Å². The summed E-state index contributed by atoms with van der Waals surface area (Å²) in [7, 11) is 2.00. The van der Waals surface area contributed by atoms with Crippen molar-refractivity contribution in [3.8, 4) is 0 Å². The van der Waals surface area contributed by atoms with Crippen LogP contribution in [0.15, 0.2) is 35.1 Å². The summed E-state index contributed by atoms with van der Waals surface area (Å²) < 4.78 is 3.12. The number of nitrogens with zero attached hydrogens (tertiary/aromatic N) is 3. The maximum atomic E-state index is 4.38. The summed E-state index contributed by atoms with van der Waals surface area (Å²) in [6.45, 7) is 3.09. The zero-order valence-electron chi connectivity index (χ0n) is 12.0. The average molecular weight is 337 g/mol. The molecule has 1 atom stereocenters. The third kappa shape index (κ3) is 4.15. The van der Waals surface area contributed by atoms with Crippen molar-refractivity contribution in [1.29, 1.82) is 0 Å². The molecule has 0 bridgehead atoms. The first-order valence-corrected chi connectivity index (χ1v) is 7.80. The van der Waals surface area contributed by atoms with Gasteiger partial charge in [-0.3, -0.25) is 4.68 Å². The van der Waals surface area contributed by atoms with E-state index in [0.29, 0.717) is 6.04 Å². The Kier molecular flexibility index (Phi) is 5.73. The van der Waals surface area contributed by atoms with Crippen LogP contribution in [-0.2, 0) is 19.4 Å². The molecule has 108 valence electrons. The van der Waals surface area contributed by atoms with E-state index < -0.39 is 0 Å². The van der Waals surface area contributed by atoms with Crippen LogP contribution in [0, 0.1) is 0 Å². The Balaban J connectivity index is 2.01. The van der Waals surface area contributed by atoms with E-state index >= 15 is 0 Å². The van der Waals surface area contributed by atoms with Crippen LogP contribution >= 0.6 is 15.9 Å². The molecule has 20 heavy (non-hydrogen) atoms. The number of hydrogen-bond donors (Lipinski definition) is 1. The molecule has 2 aromatic rings. The van der Waals surface area contributed by atoms with Gasteiger partial charge in [0.05, 0.1) is 0 Å². The molecule has 1 unspecified atom stereocenters. The molecule has 1 heterocycles. The van der Waals surface area contributed by atoms with E-state index in [9.17, 15) is 0 Å². The van der Waals surface area contributed by atoms with Crippen molar-refractivity contribution in [2.75, 3.05) is 7.05 Å². The largest absolute Gasteiger partial charge is 0.316 e. The second-order valence-corrected chi connectivity index (χ2v) is 5.84. The van der Waals surface area contributed by atoms with Gasteiger partial charge in [-0.2, -0.15) is 5.10 Å². The maximum Gasteiger partial charge on any atom is 0.138 e. The van der Waals surface area contributed by atoms with Crippen LogP contribution in [0.25, 0.3) is 0 Å². The number of halogens is 1. The van der Waals surface area contributed by atoms with Crippen LogP contribution in [0.4, 0.5) is 0 Å². The predicted molar refractivity (Wildman–Crippen MR) is 84.7 cm³/mol. The molecule has 1 aromatic heterocycles. The molecule has 1 aromatic carbocycles. The Bertz CT molecular complexity index is 521. The Labute approximate surface area is 128 Å². The van der Waals surface area contributed by atoms with E-state index in [2.05, 4.69) is 62.5 Å². The molecule has 0 fully saturated rings. The van der Waals surface area contributed by atoms with Crippen molar-refractivity contribution >= 4 is 15.9 Å². The van der Waals surface area contributed by atoms with Crippen molar-refractivity contribution in [3.63, 3.8) is 0 Å². The lowest BCUT2D eigenvalue weighted by molar-refractivity contribution is 0.501. The SMILES string of the molecule is CCCn1ncnc1CC(Cc1ccc(Br)cc1)NC. The second kappa shape index (κ2) is 7.55. The number of hydrogen-bond acceptors (Lipinski definition) is 3. The fourth-order valence-electron chi connectivity index (χ4n) is 2.25. The number of likely N-dealkylation sites (N-methyl/N-ethyl adjacent to an activating group) is 1. The smallest absolute Gasteiger partial charge is 0.138 e. The van der Waals surface area contributed by atoms with Gasteiger partial charge >= 0.3 is 0 Å². The van der Waals surface area contributed by atoms with E-state index in [1.807, 2.05) is 11.7 Å². The molecule has 4 nitrogen and oxygen atoms in total. The van der Waals surface area contributed by atoms with Gasteiger partial charge in [0.1, 0.15) is 12.2 Å². The molecule has 1 N–H and O–H groups in total. The van der Waals surface area contributed by atoms with Crippen LogP contribution in [0.1, 0.15) is 24.7 Å². The highest BCUT2D eigenvalue weighted by Crippen LogP contribution is 2.13. The summed E-state index contributed by atoms with van der Waals surface area (Å²) in [6, 6.07) is 8.86. The third-order valence-corrected chi connectivity index (χ3v) is 3.89. The van der Waals surface area contributed by atoms with Gasteiger partial charge in [0.15, 0.2) is 0 Å². The van der Waals surface area contributed by atoms with Gasteiger partial charge in [0.2, 0.25) is 0 Å². The zero-order chi connectivity index (χ0) is 14.4. The van der Waals surface area contributed by atoms with Crippen molar-refractivity contribution in [3.05, 3.63) is 46.5 Å². The van der Waals surface area contributed by atoms with Crippen molar-refractivity contribution < 1.29 is 0 Å². The highest BCUT2D eigenvalue weighted by Gasteiger charge is 2.12. The molecule has 0 radical (unpaired) electrons. The van der Waals surface area contributed by atoms with Crippen LogP contribution in [0.2, 0.25) is 0 Å². The molecule has 2 rings (SSSR count). The quantitative estimate of drug-likeness (QED) is 0.845. The van der Waals surface area contributed by atoms with Gasteiger partial charge < -0.3 is 5.32 Å². The van der Waals surface area contributed by atoms with E-state index in [0.717, 1.165) is 36.1 Å². The first kappa shape index (κ1) is 15.2. The van der Waals surface area contributed by atoms with E-state index in [-0.39, 0.29) is 0 Å². The molecular formula is C15H21BrN4. The molecule has 5 heteroatoms. The van der Waals surface area contributed by atoms with Crippen molar-refractivity contribution in [2.45, 2.75) is 38.8 Å². The highest BCUT2D eigenvalue weighted by atomic mass is 79.9. The van der Waals surface area contributed by atoms with E-state index in [1.54, 1.807) is 6.33 Å². The Morgan fingerprint density at radius 2 is 2.00 bits per heavy atom. The lowest BCUT2D eigenvalue weighted by atomic mass is 10.0. The van der Waals surface area contributed by atoms with E-state index in [1.165, 1.54) is 5.56 Å². The molecule has 0 spiro atoms. The summed E-state index contributed by atoms with van der Waals surface area (Å²) in [5.74, 6) is 1.06. The summed E-state index contributed by atoms with van der Waals surface area (Å²) in [6.07, 6.45) is 4.61. The molecule has 0 saturated heterocycles. The van der Waals surface area contributed by atoms with Gasteiger partial charge in [-0.15, -0.1) is 0 Å². The molecule has 0 aliphatic heterocycles. The van der Waals surface area contributed by atoms with Crippen molar-refractivity contribution in [1.82, 2.24) is 20.1 Å². The second-order valence-electron chi connectivity index (χ2n) is 4.92. The minimum absolute atomic E-state index is 0.371. The lowest BCUT2D eigenvalue weighted by Crippen LogP contribution is -2.31. The van der Waals surface area contributed by atoms with Gasteiger partial charge in [-0.1, -0.05) is 35.0 Å². The average Bonchev–Trinajstić information content (AvgIpc) is 2.88. The zero-order valence-corrected chi connectivity index (χ0v) is 13.6. The number of nitrogens with one attached hydrogen (secondary N) is 1. The summed E-state index contributed by atoms with van der Waals surface area (Å²) in [5.41, 5.74) is 1.33. The maximum absolute atomic E-state index is 4.38. The minimum Gasteiger partial charge on any atom is -0.316 e. The standard InChI is InChI=1S/C15H21BrN4/c1-3-8-20-15(18-11-19-20)10-14(17-2)9-12-4-6-13(16)7-5-12/h4-7,11,14,17H,3,8-10H2,1-2H3. The van der Waals surface area contributed by atoms with Gasteiger partial charge in [-0.05, 0) is 37.6 Å². The van der Waals surface area contributed by atoms with Crippen LogP contribution in [0.3, 0.4) is 0 Å². The summed E-state index contributed by atoms with van der Waals surface area (Å²) >= 11 is 3.47. The fourth-order valence-corrected chi connectivity index (χ4v) is 2.51. The highest BCUT2D eigenvalue weighted by molar-refractivity contribution is 9.10. The predicted octanol–water partition coefficient (Wildman–Crippen LogP) is 2.82. The van der Waals surface area contributed by atoms with E-state index in [4.69, 9.17) is 0 Å². The van der Waals surface area contributed by atoms with Gasteiger partial charge in [0.25, 0.3) is 0 Å². The topological polar surface area (TPSA) is 42.7 Å². The normalized spacial score (nSPS) is 12.6. The Morgan fingerprint density at radius 3 is 2.65 bits per heavy atom. The fraction of sp³-hybridized carbons (Fsp3) is 0.467. The van der Waals surface area contributed by atoms with Gasteiger partial charge in [-0.25, -0.2) is 4.98 Å². The first-order chi connectivity index (χ1) is 9.72. The molecular weight excluding hydrogens is 316 g/mol. The Morgan fingerprint density at radius 1 is 1.25 bits per heavy atom. The minimum atomic E-state index is 0.371. The van der Waals surface area contributed by atoms with Crippen LogP contribution in [-0.4, -0.2) is 27.9 Å². The van der Waals surface area contributed by atoms with Crippen LogP contribution < -0.4 is 5.32 Å². The number of aryl methyl sites for hydroxylation is 1. The summed E-state index contributed by atoms with van der Waals surface area (Å²) in [4.78, 5) is 4.38. The monoisotopic (exact) mass is 336 g/mol. The lowest BCUT2D eigenvalue weighted by Gasteiger charge is -2.16. The van der Waals surface area contributed by atoms with Crippen LogP contribution in [0.5, 0.6) is 0 Å². The summed E-state index contributed by atoms with van der Waals surface area (Å²) in [5, 5.41) is 7.66. The number of benzene rings is 1. The third-order valence-electron chi connectivity index (χ3n) is 3.36.